The summed E-state index contributed by atoms with van der Waals surface area (Å²) in [6, 6.07) is 24.5. The summed E-state index contributed by atoms with van der Waals surface area (Å²) in [5.74, 6) is 1.33. The third-order valence-electron chi connectivity index (χ3n) is 13.9. The molecule has 5 aromatic rings. The molecule has 0 bridgehead atoms. The van der Waals surface area contributed by atoms with Crippen molar-refractivity contribution in [2.75, 3.05) is 107 Å². The highest BCUT2D eigenvalue weighted by Gasteiger charge is 2.37. The third-order valence-corrected chi connectivity index (χ3v) is 16.0. The molecule has 4 aliphatic rings. The van der Waals surface area contributed by atoms with Gasteiger partial charge in [-0.05, 0) is 167 Å². The molecule has 0 radical (unpaired) electrons. The zero-order valence-corrected chi connectivity index (χ0v) is 49.7. The lowest BCUT2D eigenvalue weighted by Crippen LogP contribution is -2.56. The molecule has 2 amide bonds. The summed E-state index contributed by atoms with van der Waals surface area (Å²) in [6.45, 7) is 13.7. The predicted octanol–water partition coefficient (Wildman–Crippen LogP) is 11.2. The molecule has 2 fully saturated rings. The van der Waals surface area contributed by atoms with Gasteiger partial charge in [-0.3, -0.25) is 9.69 Å². The zero-order valence-electron chi connectivity index (χ0n) is 43.6. The van der Waals surface area contributed by atoms with E-state index >= 15 is 0 Å². The second-order valence-electron chi connectivity index (χ2n) is 20.4. The number of aromatic nitrogens is 2. The van der Waals surface area contributed by atoms with Crippen LogP contribution < -0.4 is 24.6 Å². The van der Waals surface area contributed by atoms with E-state index < -0.39 is 11.7 Å². The Kier molecular flexibility index (Phi) is 19.5. The molecular weight excluding hydrogens is 1250 g/mol. The predicted molar refractivity (Wildman–Crippen MR) is 315 cm³/mol. The molecule has 1 aromatic heterocycles. The minimum absolute atomic E-state index is 0.123. The average molecular weight is 1310 g/mol. The molecule has 2 atom stereocenters. The fraction of sp³-hybridized carbons (Fsp3) is 0.456. The Morgan fingerprint density at radius 3 is 2.39 bits per heavy atom. The number of ether oxygens (including phenoxy) is 6. The average Bonchev–Trinajstić information content (AvgIpc) is 3.99. The first-order chi connectivity index (χ1) is 37.2. The molecule has 4 aromatic carbocycles. The fourth-order valence-corrected chi connectivity index (χ4v) is 12.5. The number of fused-ring (bicyclic) bond motifs is 3. The molecule has 20 heteroatoms. The minimum atomic E-state index is -0.653. The van der Waals surface area contributed by atoms with Crippen molar-refractivity contribution >= 4 is 118 Å². The number of amides is 2. The van der Waals surface area contributed by atoms with Crippen LogP contribution >= 0.6 is 66.1 Å². The van der Waals surface area contributed by atoms with Crippen molar-refractivity contribution < 1.29 is 38.0 Å². The van der Waals surface area contributed by atoms with Gasteiger partial charge >= 0.3 is 12.1 Å². The first-order valence-electron chi connectivity index (χ1n) is 26.2. The van der Waals surface area contributed by atoms with Gasteiger partial charge in [0.1, 0.15) is 30.4 Å². The summed E-state index contributed by atoms with van der Waals surface area (Å²) in [6.07, 6.45) is 5.31. The Bertz CT molecular complexity index is 2980. The van der Waals surface area contributed by atoms with Gasteiger partial charge in [-0.15, -0.1) is 0 Å². The van der Waals surface area contributed by atoms with Gasteiger partial charge in [0.15, 0.2) is 0 Å². The van der Waals surface area contributed by atoms with Crippen LogP contribution in [-0.4, -0.2) is 142 Å². The van der Waals surface area contributed by atoms with Crippen LogP contribution in [0.5, 0.6) is 11.8 Å². The van der Waals surface area contributed by atoms with Crippen LogP contribution in [0.1, 0.15) is 68.8 Å². The summed E-state index contributed by atoms with van der Waals surface area (Å²) in [5, 5.41) is 15.6. The van der Waals surface area contributed by atoms with E-state index in [2.05, 4.69) is 105 Å². The van der Waals surface area contributed by atoms with Gasteiger partial charge in [-0.2, -0.15) is 15.2 Å². The number of nitriles is 1. The fourth-order valence-electron chi connectivity index (χ4n) is 10.3. The van der Waals surface area contributed by atoms with Crippen molar-refractivity contribution in [1.82, 2.24) is 19.8 Å². The van der Waals surface area contributed by atoms with Crippen molar-refractivity contribution in [3.63, 3.8) is 0 Å². The van der Waals surface area contributed by atoms with Crippen LogP contribution in [0.2, 0.25) is 5.02 Å². The number of carbonyl (C=O) groups is 2. The number of hydrogen-bond acceptors (Lipinski definition) is 14. The van der Waals surface area contributed by atoms with E-state index in [9.17, 15) is 14.9 Å². The molecule has 9 rings (SSSR count). The Hall–Kier alpha value is -4.79. The molecule has 16 nitrogen and oxygen atoms in total. The monoisotopic (exact) mass is 1310 g/mol. The molecule has 4 aliphatic heterocycles. The van der Waals surface area contributed by atoms with Gasteiger partial charge in [0, 0.05) is 82.4 Å². The summed E-state index contributed by atoms with van der Waals surface area (Å²) in [7, 11) is 0. The van der Waals surface area contributed by atoms with E-state index in [-0.39, 0.29) is 24.4 Å². The van der Waals surface area contributed by atoms with Crippen molar-refractivity contribution in [3.05, 3.63) is 107 Å². The summed E-state index contributed by atoms with van der Waals surface area (Å²) >= 11 is 16.3. The quantitative estimate of drug-likeness (QED) is 0.0419. The lowest BCUT2D eigenvalue weighted by molar-refractivity contribution is -0.110. The Labute approximate surface area is 486 Å². The lowest BCUT2D eigenvalue weighted by atomic mass is 10.0. The molecular formula is C57H64Br2ClIN8O8. The number of anilines is 3. The highest BCUT2D eigenvalue weighted by Crippen LogP contribution is 2.40. The van der Waals surface area contributed by atoms with Crippen molar-refractivity contribution in [2.24, 2.45) is 0 Å². The second-order valence-corrected chi connectivity index (χ2v) is 23.7. The minimum Gasteiger partial charge on any atom is -0.489 e. The highest BCUT2D eigenvalue weighted by atomic mass is 127. The molecule has 5 heterocycles. The van der Waals surface area contributed by atoms with Gasteiger partial charge in [0.2, 0.25) is 0 Å². The number of nitrogens with zero attached hydrogens (tertiary/aromatic N) is 7. The molecule has 0 saturated carbocycles. The number of rotatable bonds is 21. The summed E-state index contributed by atoms with van der Waals surface area (Å²) in [5.41, 5.74) is 5.54. The van der Waals surface area contributed by atoms with Gasteiger partial charge in [0.05, 0.1) is 77.8 Å². The normalized spacial score (nSPS) is 18.1. The first-order valence-corrected chi connectivity index (χ1v) is 29.3. The number of piperazine rings is 1. The lowest BCUT2D eigenvalue weighted by Gasteiger charge is -2.42. The number of carbonyl (C=O) groups excluding carboxylic acids is 2. The Balaban J connectivity index is 0.718. The van der Waals surface area contributed by atoms with Crippen molar-refractivity contribution in [3.8, 4) is 17.8 Å². The van der Waals surface area contributed by atoms with E-state index in [0.29, 0.717) is 108 Å². The van der Waals surface area contributed by atoms with Gasteiger partial charge < -0.3 is 48.4 Å². The highest BCUT2D eigenvalue weighted by molar-refractivity contribution is 14.1. The molecule has 408 valence electrons. The Morgan fingerprint density at radius 2 is 1.64 bits per heavy atom. The zero-order chi connectivity index (χ0) is 54.1. The number of likely N-dealkylation sites (tertiary alicyclic amines) is 1. The second kappa shape index (κ2) is 26.4. The number of halogens is 4. The molecule has 0 spiro atoms. The van der Waals surface area contributed by atoms with Crippen LogP contribution in [0.15, 0.2) is 75.7 Å². The van der Waals surface area contributed by atoms with Crippen LogP contribution in [0.4, 0.5) is 22.0 Å². The van der Waals surface area contributed by atoms with Crippen molar-refractivity contribution in [1.29, 1.82) is 5.26 Å². The largest absolute Gasteiger partial charge is 0.489 e. The molecule has 2 saturated heterocycles. The SMILES string of the molecule is CC(C)(C)OC(=O)N1CCN(c2nc(OCC3CCCN3CCCOCCOCCOCCOc3c(Br)cc(/C=C4\C(=O)Nc5ccc(I)cc54)cc3Br)nc3c2CCN(c2cccc4cccc(Cl)c24)C3)C[C@@H]1CC#N. The van der Waals surface area contributed by atoms with E-state index in [1.165, 1.54) is 0 Å². The van der Waals surface area contributed by atoms with E-state index in [0.717, 1.165) is 102 Å². The molecule has 1 N–H and O–H groups in total. The summed E-state index contributed by atoms with van der Waals surface area (Å²) in [4.78, 5) is 44.9. The van der Waals surface area contributed by atoms with E-state index in [4.69, 9.17) is 50.0 Å². The van der Waals surface area contributed by atoms with Crippen LogP contribution in [0.25, 0.3) is 22.4 Å². The topological polar surface area (TPSA) is 164 Å². The molecule has 1 unspecified atom stereocenters. The number of hydrogen-bond donors (Lipinski definition) is 1. The van der Waals surface area contributed by atoms with Crippen LogP contribution in [-0.2, 0) is 36.7 Å². The van der Waals surface area contributed by atoms with Gasteiger partial charge in [0.25, 0.3) is 5.91 Å². The maximum Gasteiger partial charge on any atom is 0.410 e. The van der Waals surface area contributed by atoms with E-state index in [1.807, 2.05) is 69.3 Å². The van der Waals surface area contributed by atoms with Crippen molar-refractivity contribution in [2.45, 2.75) is 77.1 Å². The van der Waals surface area contributed by atoms with Gasteiger partial charge in [-0.25, -0.2) is 4.79 Å². The van der Waals surface area contributed by atoms with Gasteiger partial charge in [-0.1, -0.05) is 35.9 Å². The molecule has 0 aliphatic carbocycles. The third kappa shape index (κ3) is 14.5. The maximum atomic E-state index is 13.3. The smallest absolute Gasteiger partial charge is 0.410 e. The number of nitrogens with one attached hydrogen (secondary N) is 1. The molecule has 77 heavy (non-hydrogen) atoms. The maximum absolute atomic E-state index is 13.3. The number of benzene rings is 4. The Morgan fingerprint density at radius 1 is 0.896 bits per heavy atom. The van der Waals surface area contributed by atoms with E-state index in [1.54, 1.807) is 4.90 Å². The van der Waals surface area contributed by atoms with Crippen LogP contribution in [0.3, 0.4) is 0 Å². The first kappa shape index (κ1) is 56.9. The van der Waals surface area contributed by atoms with Crippen LogP contribution in [0, 0.1) is 14.9 Å². The summed E-state index contributed by atoms with van der Waals surface area (Å²) < 4.78 is 38.4. The standard InChI is InChI=1S/C57H64Br2ClIN8O8/c1-57(2,3)77-56(71)69-22-21-68(34-40(69)15-17-62)53-42-16-20-67(50-12-5-9-38-8-4-11-47(60)51(38)50)35-49(42)64-55(65-53)76-36-41-10-6-18-66(41)19-7-23-72-24-25-73-26-27-74-28-29-75-52-45(58)31-37(32-46(52)59)30-44-43-33-39(61)13-14-48(43)63-54(44)70/h4-5,8-9,11-14,30-33,40-41H,6-7,10,15-16,18-29,34-36H2,1-3H3,(H,63,70)/b44-30-/t40-,41?/m0/s1.